The van der Waals surface area contributed by atoms with Crippen molar-refractivity contribution in [3.05, 3.63) is 53.9 Å². The van der Waals surface area contributed by atoms with Crippen LogP contribution >= 0.6 is 0 Å². The zero-order chi connectivity index (χ0) is 32.9. The van der Waals surface area contributed by atoms with Gasteiger partial charge in [-0.2, -0.15) is 13.2 Å². The molecule has 0 bridgehead atoms. The van der Waals surface area contributed by atoms with Crippen LogP contribution in [0.15, 0.2) is 42.6 Å². The fourth-order valence-corrected chi connectivity index (χ4v) is 7.22. The van der Waals surface area contributed by atoms with Gasteiger partial charge in [0.15, 0.2) is 5.65 Å². The molecule has 0 amide bonds. The number of imidazole rings is 1. The first kappa shape index (κ1) is 31.4. The lowest BCUT2D eigenvalue weighted by molar-refractivity contribution is -0.142. The first-order chi connectivity index (χ1) is 22.5. The molecule has 12 heteroatoms. The van der Waals surface area contributed by atoms with Gasteiger partial charge in [-0.1, -0.05) is 6.42 Å². The monoisotopic (exact) mass is 648 g/mol. The Morgan fingerprint density at radius 1 is 1.09 bits per heavy atom. The number of aromatic amines is 1. The molecule has 1 saturated heterocycles. The molecule has 3 aliphatic rings. The van der Waals surface area contributed by atoms with Crippen molar-refractivity contribution in [3.63, 3.8) is 0 Å². The summed E-state index contributed by atoms with van der Waals surface area (Å²) < 4.78 is 48.1. The second kappa shape index (κ2) is 12.1. The summed E-state index contributed by atoms with van der Waals surface area (Å²) in [6.45, 7) is 2.71. The number of aliphatic carboxylic acids is 1. The molecule has 9 nitrogen and oxygen atoms in total. The van der Waals surface area contributed by atoms with Crippen LogP contribution in [0, 0.1) is 11.3 Å². The lowest BCUT2D eigenvalue weighted by Crippen LogP contribution is -2.44. The zero-order valence-corrected chi connectivity index (χ0v) is 26.6. The zero-order valence-electron chi connectivity index (χ0n) is 26.6. The van der Waals surface area contributed by atoms with Gasteiger partial charge in [0.1, 0.15) is 11.3 Å². The predicted octanol–water partition coefficient (Wildman–Crippen LogP) is 7.14. The van der Waals surface area contributed by atoms with Gasteiger partial charge in [-0.3, -0.25) is 9.78 Å². The van der Waals surface area contributed by atoms with Crippen molar-refractivity contribution < 1.29 is 27.8 Å². The van der Waals surface area contributed by atoms with E-state index < -0.39 is 17.7 Å². The third kappa shape index (κ3) is 6.27. The van der Waals surface area contributed by atoms with E-state index in [1.165, 1.54) is 12.3 Å². The van der Waals surface area contributed by atoms with Gasteiger partial charge in [-0.25, -0.2) is 9.97 Å². The van der Waals surface area contributed by atoms with Gasteiger partial charge in [-0.15, -0.1) is 0 Å². The molecule has 248 valence electrons. The number of H-pyrrole nitrogens is 1. The number of carboxylic acid groups (broad SMARTS) is 1. The Balaban J connectivity index is 1.25. The third-order valence-electron chi connectivity index (χ3n) is 10.1. The Labute approximate surface area is 271 Å². The van der Waals surface area contributed by atoms with E-state index in [4.69, 9.17) is 14.7 Å². The number of pyridine rings is 2. The Hall–Kier alpha value is -4.19. The molecular formula is C35H39F3N6O3. The van der Waals surface area contributed by atoms with Crippen LogP contribution in [0.3, 0.4) is 0 Å². The lowest BCUT2D eigenvalue weighted by atomic mass is 9.69. The number of methoxy groups -OCH3 is 1. The number of halogens is 3. The molecule has 4 aromatic rings. The van der Waals surface area contributed by atoms with Crippen molar-refractivity contribution in [2.75, 3.05) is 50.2 Å². The van der Waals surface area contributed by atoms with Crippen LogP contribution in [0.1, 0.15) is 62.1 Å². The number of benzene rings is 1. The summed E-state index contributed by atoms with van der Waals surface area (Å²) in [5.41, 5.74) is 3.87. The molecule has 7 rings (SSSR count). The van der Waals surface area contributed by atoms with E-state index in [9.17, 15) is 23.1 Å². The van der Waals surface area contributed by atoms with Crippen LogP contribution in [-0.2, 0) is 15.7 Å². The SMILES string of the molecule is COCC1(CN(C)c2cc(-c3cnc(C4CC4)c(C(F)(F)F)c3)nc3nc(-c4ccc(N5CCC(C(=O)O)CC5)cc4)[nH]c23)CCC1. The van der Waals surface area contributed by atoms with E-state index in [-0.39, 0.29) is 22.9 Å². The van der Waals surface area contributed by atoms with Gasteiger partial charge in [0.25, 0.3) is 0 Å². The highest BCUT2D eigenvalue weighted by atomic mass is 19.4. The minimum atomic E-state index is -4.51. The smallest absolute Gasteiger partial charge is 0.418 e. The second-order valence-corrected chi connectivity index (χ2v) is 13.5. The molecule has 3 fully saturated rings. The van der Waals surface area contributed by atoms with Crippen LogP contribution in [0.25, 0.3) is 33.8 Å². The highest BCUT2D eigenvalue weighted by molar-refractivity contribution is 5.91. The quantitative estimate of drug-likeness (QED) is 0.187. The van der Waals surface area contributed by atoms with E-state index in [1.807, 2.05) is 37.4 Å². The van der Waals surface area contributed by atoms with E-state index in [1.54, 1.807) is 7.11 Å². The topological polar surface area (TPSA) is 107 Å². The van der Waals surface area contributed by atoms with Crippen molar-refractivity contribution in [1.82, 2.24) is 19.9 Å². The fraction of sp³-hybridized carbons (Fsp3) is 0.486. The predicted molar refractivity (Wildman–Crippen MR) is 174 cm³/mol. The van der Waals surface area contributed by atoms with Gasteiger partial charge >= 0.3 is 12.1 Å². The van der Waals surface area contributed by atoms with E-state index in [0.717, 1.165) is 49.0 Å². The Morgan fingerprint density at radius 2 is 1.81 bits per heavy atom. The number of hydrogen-bond acceptors (Lipinski definition) is 7. The van der Waals surface area contributed by atoms with Crippen LogP contribution < -0.4 is 9.80 Å². The minimum absolute atomic E-state index is 0.00773. The maximum Gasteiger partial charge on any atom is 0.418 e. The summed E-state index contributed by atoms with van der Waals surface area (Å²) in [5.74, 6) is -0.579. The maximum absolute atomic E-state index is 14.2. The molecule has 2 saturated carbocycles. The highest BCUT2D eigenvalue weighted by Crippen LogP contribution is 2.46. The summed E-state index contributed by atoms with van der Waals surface area (Å²) >= 11 is 0. The molecule has 0 radical (unpaired) electrons. The molecule has 47 heavy (non-hydrogen) atoms. The molecule has 0 atom stereocenters. The van der Waals surface area contributed by atoms with E-state index >= 15 is 0 Å². The van der Waals surface area contributed by atoms with Gasteiger partial charge in [0.05, 0.1) is 35.2 Å². The summed E-state index contributed by atoms with van der Waals surface area (Å²) in [5, 5.41) is 9.33. The number of nitrogens with one attached hydrogen (secondary N) is 1. The number of nitrogens with zero attached hydrogens (tertiary/aromatic N) is 5. The van der Waals surface area contributed by atoms with Crippen LogP contribution in [-0.4, -0.2) is 71.4 Å². The van der Waals surface area contributed by atoms with Gasteiger partial charge < -0.3 is 24.6 Å². The Bertz CT molecular complexity index is 1770. The third-order valence-corrected chi connectivity index (χ3v) is 10.1. The highest BCUT2D eigenvalue weighted by Gasteiger charge is 2.40. The van der Waals surface area contributed by atoms with Gasteiger partial charge in [0.2, 0.25) is 0 Å². The van der Waals surface area contributed by atoms with Crippen LogP contribution in [0.5, 0.6) is 0 Å². The molecule has 2 aliphatic carbocycles. The summed E-state index contributed by atoms with van der Waals surface area (Å²) in [6, 6.07) is 11.0. The van der Waals surface area contributed by atoms with Crippen LogP contribution in [0.4, 0.5) is 24.5 Å². The standard InChI is InChI=1S/C35H39F3N6O3/c1-43(19-34(20-47-2)12-3-13-34)28-17-27(24-16-26(35(36,37)38)29(39-18-24)21-4-5-21)40-32-30(28)41-31(42-32)22-6-8-25(9-7-22)44-14-10-23(11-15-44)33(45)46/h6-9,16-18,21,23H,3-5,10-15,19-20H2,1-2H3,(H,45,46)(H,40,41,42). The molecule has 2 N–H and O–H groups in total. The number of carbonyl (C=O) groups is 1. The fourth-order valence-electron chi connectivity index (χ4n) is 7.22. The van der Waals surface area contributed by atoms with E-state index in [0.29, 0.717) is 67.3 Å². The van der Waals surface area contributed by atoms with Gasteiger partial charge in [-0.05, 0) is 74.9 Å². The summed E-state index contributed by atoms with van der Waals surface area (Å²) in [4.78, 5) is 33.1. The van der Waals surface area contributed by atoms with Crippen molar-refractivity contribution in [2.45, 2.75) is 57.0 Å². The summed E-state index contributed by atoms with van der Waals surface area (Å²) in [7, 11) is 3.70. The van der Waals surface area contributed by atoms with E-state index in [2.05, 4.69) is 19.8 Å². The van der Waals surface area contributed by atoms with Gasteiger partial charge in [0, 0.05) is 68.1 Å². The molecule has 3 aromatic heterocycles. The number of fused-ring (bicyclic) bond motifs is 1. The number of hydrogen-bond donors (Lipinski definition) is 2. The molecule has 0 unspecified atom stereocenters. The van der Waals surface area contributed by atoms with Crippen molar-refractivity contribution in [1.29, 1.82) is 0 Å². The molecule has 1 aromatic carbocycles. The first-order valence-electron chi connectivity index (χ1n) is 16.3. The maximum atomic E-state index is 14.2. The molecule has 1 aliphatic heterocycles. The number of piperidine rings is 1. The molecular weight excluding hydrogens is 609 g/mol. The number of anilines is 2. The second-order valence-electron chi connectivity index (χ2n) is 13.5. The van der Waals surface area contributed by atoms with Crippen molar-refractivity contribution >= 4 is 28.5 Å². The van der Waals surface area contributed by atoms with Crippen LogP contribution in [0.2, 0.25) is 0 Å². The Kier molecular flexibility index (Phi) is 8.10. The lowest BCUT2D eigenvalue weighted by Gasteiger charge is -2.44. The van der Waals surface area contributed by atoms with Crippen molar-refractivity contribution in [2.24, 2.45) is 11.3 Å². The number of aromatic nitrogens is 4. The first-order valence-corrected chi connectivity index (χ1v) is 16.3. The van der Waals surface area contributed by atoms with Crippen molar-refractivity contribution in [3.8, 4) is 22.6 Å². The number of ether oxygens (including phenoxy) is 1. The number of carboxylic acids is 1. The largest absolute Gasteiger partial charge is 0.481 e. The average molecular weight is 649 g/mol. The Morgan fingerprint density at radius 3 is 2.40 bits per heavy atom. The minimum Gasteiger partial charge on any atom is -0.481 e. The molecule has 4 heterocycles. The number of rotatable bonds is 10. The average Bonchev–Trinajstić information content (AvgIpc) is 3.80. The number of alkyl halides is 3. The normalized spacial score (nSPS) is 18.4. The molecule has 0 spiro atoms. The summed E-state index contributed by atoms with van der Waals surface area (Å²) in [6.07, 6.45) is 2.87.